The predicted molar refractivity (Wildman–Crippen MR) is 72.4 cm³/mol. The molecule has 0 saturated heterocycles. The van der Waals surface area contributed by atoms with E-state index < -0.39 is 0 Å². The van der Waals surface area contributed by atoms with E-state index >= 15 is 0 Å². The Bertz CT molecular complexity index is 333. The third kappa shape index (κ3) is 3.39. The molecule has 1 unspecified atom stereocenters. The Kier molecular flexibility index (Phi) is 5.10. The Morgan fingerprint density at radius 1 is 1.31 bits per heavy atom. The Labute approximate surface area is 103 Å². The second-order valence-corrected chi connectivity index (χ2v) is 4.54. The summed E-state index contributed by atoms with van der Waals surface area (Å²) in [5.74, 6) is 0. The molecule has 0 aromatic heterocycles. The zero-order valence-corrected chi connectivity index (χ0v) is 11.1. The first kappa shape index (κ1) is 13.3. The number of halogens is 1. The molecule has 0 aliphatic heterocycles. The smallest absolute Gasteiger partial charge is 0.0459 e. The first-order chi connectivity index (χ1) is 7.58. The van der Waals surface area contributed by atoms with Crippen molar-refractivity contribution in [2.45, 2.75) is 33.2 Å². The first-order valence-electron chi connectivity index (χ1n) is 5.87. The van der Waals surface area contributed by atoms with Crippen LogP contribution in [0, 0.1) is 0 Å². The maximum Gasteiger partial charge on any atom is 0.0459 e. The summed E-state index contributed by atoms with van der Waals surface area (Å²) in [6.45, 7) is 8.29. The van der Waals surface area contributed by atoms with Crippen molar-refractivity contribution in [3.63, 3.8) is 0 Å². The maximum absolute atomic E-state index is 6.25. The van der Waals surface area contributed by atoms with Gasteiger partial charge < -0.3 is 10.6 Å². The summed E-state index contributed by atoms with van der Waals surface area (Å²) in [6.07, 6.45) is 0.831. The number of rotatable bonds is 5. The lowest BCUT2D eigenvalue weighted by molar-refractivity contribution is 0.738. The molecule has 0 fully saturated rings. The summed E-state index contributed by atoms with van der Waals surface area (Å²) in [7, 11) is 0. The third-order valence-electron chi connectivity index (χ3n) is 2.71. The number of hydrogen-bond donors (Lipinski definition) is 1. The minimum atomic E-state index is 0.150. The van der Waals surface area contributed by atoms with E-state index in [0.717, 1.165) is 30.1 Å². The minimum Gasteiger partial charge on any atom is -0.372 e. The predicted octanol–water partition coefficient (Wildman–Crippen LogP) is 3.08. The van der Waals surface area contributed by atoms with Crippen LogP contribution in [0.4, 0.5) is 5.69 Å². The van der Waals surface area contributed by atoms with Crippen molar-refractivity contribution in [3.05, 3.63) is 28.8 Å². The van der Waals surface area contributed by atoms with Gasteiger partial charge in [0.15, 0.2) is 0 Å². The Morgan fingerprint density at radius 2 is 1.94 bits per heavy atom. The standard InChI is InChI=1S/C13H21ClN2/c1-4-16(5-2)12-7-6-11(8-10(3)15)13(14)9-12/h6-7,9-10H,4-5,8,15H2,1-3H3. The van der Waals surface area contributed by atoms with Gasteiger partial charge in [0.05, 0.1) is 0 Å². The molecule has 0 aliphatic carbocycles. The van der Waals surface area contributed by atoms with Gasteiger partial charge in [-0.25, -0.2) is 0 Å². The van der Waals surface area contributed by atoms with Crippen LogP contribution in [0.25, 0.3) is 0 Å². The van der Waals surface area contributed by atoms with Gasteiger partial charge in [-0.15, -0.1) is 0 Å². The lowest BCUT2D eigenvalue weighted by atomic mass is 10.1. The molecule has 2 nitrogen and oxygen atoms in total. The number of nitrogens with zero attached hydrogens (tertiary/aromatic N) is 1. The van der Waals surface area contributed by atoms with E-state index in [1.807, 2.05) is 13.0 Å². The highest BCUT2D eigenvalue weighted by Gasteiger charge is 2.07. The van der Waals surface area contributed by atoms with Crippen molar-refractivity contribution in [3.8, 4) is 0 Å². The van der Waals surface area contributed by atoms with Gasteiger partial charge in [-0.05, 0) is 44.9 Å². The van der Waals surface area contributed by atoms with Crippen LogP contribution in [0.5, 0.6) is 0 Å². The molecule has 1 aromatic rings. The lowest BCUT2D eigenvalue weighted by Crippen LogP contribution is -2.22. The number of benzene rings is 1. The average molecular weight is 241 g/mol. The van der Waals surface area contributed by atoms with Crippen molar-refractivity contribution in [1.82, 2.24) is 0 Å². The van der Waals surface area contributed by atoms with Crippen LogP contribution in [0.1, 0.15) is 26.3 Å². The molecule has 0 amide bonds. The quantitative estimate of drug-likeness (QED) is 0.857. The van der Waals surface area contributed by atoms with E-state index in [1.165, 1.54) is 5.69 Å². The van der Waals surface area contributed by atoms with E-state index in [4.69, 9.17) is 17.3 Å². The SMILES string of the molecule is CCN(CC)c1ccc(CC(C)N)c(Cl)c1. The van der Waals surface area contributed by atoms with Crippen LogP contribution in [0.15, 0.2) is 18.2 Å². The van der Waals surface area contributed by atoms with E-state index in [0.29, 0.717) is 0 Å². The highest BCUT2D eigenvalue weighted by Crippen LogP contribution is 2.24. The molecule has 1 aromatic carbocycles. The van der Waals surface area contributed by atoms with Crippen LogP contribution in [0.3, 0.4) is 0 Å². The van der Waals surface area contributed by atoms with E-state index in [-0.39, 0.29) is 6.04 Å². The van der Waals surface area contributed by atoms with Crippen molar-refractivity contribution in [2.75, 3.05) is 18.0 Å². The summed E-state index contributed by atoms with van der Waals surface area (Å²) >= 11 is 6.25. The molecule has 1 atom stereocenters. The zero-order chi connectivity index (χ0) is 12.1. The molecule has 0 heterocycles. The molecular formula is C13H21ClN2. The van der Waals surface area contributed by atoms with Gasteiger partial charge >= 0.3 is 0 Å². The average Bonchev–Trinajstić information content (AvgIpc) is 2.23. The van der Waals surface area contributed by atoms with Gasteiger partial charge in [-0.1, -0.05) is 17.7 Å². The van der Waals surface area contributed by atoms with E-state index in [9.17, 15) is 0 Å². The largest absolute Gasteiger partial charge is 0.372 e. The van der Waals surface area contributed by atoms with Gasteiger partial charge in [0.2, 0.25) is 0 Å². The van der Waals surface area contributed by atoms with Crippen molar-refractivity contribution in [1.29, 1.82) is 0 Å². The monoisotopic (exact) mass is 240 g/mol. The summed E-state index contributed by atoms with van der Waals surface area (Å²) in [6, 6.07) is 6.39. The molecule has 0 spiro atoms. The van der Waals surface area contributed by atoms with Crippen molar-refractivity contribution < 1.29 is 0 Å². The third-order valence-corrected chi connectivity index (χ3v) is 3.06. The molecular weight excluding hydrogens is 220 g/mol. The fraction of sp³-hybridized carbons (Fsp3) is 0.538. The van der Waals surface area contributed by atoms with Crippen LogP contribution in [-0.4, -0.2) is 19.1 Å². The molecule has 0 bridgehead atoms. The van der Waals surface area contributed by atoms with Crippen LogP contribution in [-0.2, 0) is 6.42 Å². The van der Waals surface area contributed by atoms with Crippen LogP contribution < -0.4 is 10.6 Å². The number of nitrogens with two attached hydrogens (primary N) is 1. The fourth-order valence-corrected chi connectivity index (χ4v) is 2.09. The number of anilines is 1. The first-order valence-corrected chi connectivity index (χ1v) is 6.25. The molecule has 90 valence electrons. The summed E-state index contributed by atoms with van der Waals surface area (Å²) < 4.78 is 0. The highest BCUT2D eigenvalue weighted by molar-refractivity contribution is 6.31. The second kappa shape index (κ2) is 6.12. The molecule has 2 N–H and O–H groups in total. The topological polar surface area (TPSA) is 29.3 Å². The van der Waals surface area contributed by atoms with Crippen molar-refractivity contribution in [2.24, 2.45) is 5.73 Å². The van der Waals surface area contributed by atoms with Gasteiger partial charge in [0, 0.05) is 29.8 Å². The fourth-order valence-electron chi connectivity index (χ4n) is 1.83. The minimum absolute atomic E-state index is 0.150. The lowest BCUT2D eigenvalue weighted by Gasteiger charge is -2.22. The molecule has 0 aliphatic rings. The molecule has 3 heteroatoms. The van der Waals surface area contributed by atoms with Gasteiger partial charge in [-0.3, -0.25) is 0 Å². The zero-order valence-electron chi connectivity index (χ0n) is 10.3. The summed E-state index contributed by atoms with van der Waals surface area (Å²) in [5.41, 5.74) is 8.09. The van der Waals surface area contributed by atoms with Gasteiger partial charge in [-0.2, -0.15) is 0 Å². The van der Waals surface area contributed by atoms with Crippen molar-refractivity contribution >= 4 is 17.3 Å². The Morgan fingerprint density at radius 3 is 2.38 bits per heavy atom. The summed E-state index contributed by atoms with van der Waals surface area (Å²) in [5, 5.41) is 0.821. The molecule has 1 rings (SSSR count). The molecule has 0 saturated carbocycles. The van der Waals surface area contributed by atoms with Crippen LogP contribution >= 0.6 is 11.6 Å². The highest BCUT2D eigenvalue weighted by atomic mass is 35.5. The van der Waals surface area contributed by atoms with Gasteiger partial charge in [0.25, 0.3) is 0 Å². The molecule has 0 radical (unpaired) electrons. The Balaban J connectivity index is 2.89. The second-order valence-electron chi connectivity index (χ2n) is 4.13. The Hall–Kier alpha value is -0.730. The van der Waals surface area contributed by atoms with Crippen LogP contribution in [0.2, 0.25) is 5.02 Å². The molecule has 16 heavy (non-hydrogen) atoms. The van der Waals surface area contributed by atoms with Gasteiger partial charge in [0.1, 0.15) is 0 Å². The van der Waals surface area contributed by atoms with E-state index in [2.05, 4.69) is 30.9 Å². The van der Waals surface area contributed by atoms with E-state index in [1.54, 1.807) is 0 Å². The number of hydrogen-bond acceptors (Lipinski definition) is 2. The normalized spacial score (nSPS) is 12.6. The maximum atomic E-state index is 6.25. The summed E-state index contributed by atoms with van der Waals surface area (Å²) in [4.78, 5) is 2.28.